The average molecular weight is 252 g/mol. The molecular weight excluding hydrogens is 232 g/mol. The molecule has 3 nitrogen and oxygen atoms in total. The van der Waals surface area contributed by atoms with Crippen LogP contribution in [0, 0.1) is 6.92 Å². The number of carbonyl (C=O) groups is 1. The fraction of sp³-hybridized carbons (Fsp3) is 0.462. The monoisotopic (exact) mass is 252 g/mol. The van der Waals surface area contributed by atoms with Crippen molar-refractivity contribution in [2.24, 2.45) is 11.5 Å². The summed E-state index contributed by atoms with van der Waals surface area (Å²) in [6.07, 6.45) is 0. The second kappa shape index (κ2) is 5.56. The van der Waals surface area contributed by atoms with E-state index in [-0.39, 0.29) is 11.4 Å². The van der Waals surface area contributed by atoms with Crippen LogP contribution in [0.15, 0.2) is 18.2 Å². The highest BCUT2D eigenvalue weighted by Gasteiger charge is 2.11. The van der Waals surface area contributed by atoms with Gasteiger partial charge in [-0.25, -0.2) is 0 Å². The first-order chi connectivity index (χ1) is 7.79. The van der Waals surface area contributed by atoms with E-state index >= 15 is 0 Å². The lowest BCUT2D eigenvalue weighted by atomic mass is 10.1. The molecule has 0 aliphatic carbocycles. The predicted octanol–water partition coefficient (Wildman–Crippen LogP) is 2.06. The lowest BCUT2D eigenvalue weighted by Gasteiger charge is -2.17. The summed E-state index contributed by atoms with van der Waals surface area (Å²) in [7, 11) is 0. The fourth-order valence-electron chi connectivity index (χ4n) is 1.44. The zero-order chi connectivity index (χ0) is 13.1. The van der Waals surface area contributed by atoms with E-state index in [0.717, 1.165) is 17.1 Å². The molecule has 1 aromatic rings. The maximum Gasteiger partial charge on any atom is 0.248 e. The van der Waals surface area contributed by atoms with Gasteiger partial charge in [0.25, 0.3) is 0 Å². The van der Waals surface area contributed by atoms with Gasteiger partial charge in [0.2, 0.25) is 5.91 Å². The van der Waals surface area contributed by atoms with E-state index in [2.05, 4.69) is 0 Å². The van der Waals surface area contributed by atoms with Crippen molar-refractivity contribution >= 4 is 17.7 Å². The number of rotatable bonds is 5. The molecule has 0 radical (unpaired) electrons. The molecule has 0 spiro atoms. The van der Waals surface area contributed by atoms with E-state index in [9.17, 15) is 4.79 Å². The minimum absolute atomic E-state index is 0.147. The van der Waals surface area contributed by atoms with Crippen molar-refractivity contribution in [2.75, 3.05) is 5.75 Å². The van der Waals surface area contributed by atoms with Crippen LogP contribution in [0.4, 0.5) is 0 Å². The van der Waals surface area contributed by atoms with Gasteiger partial charge in [0.05, 0.1) is 0 Å². The van der Waals surface area contributed by atoms with Gasteiger partial charge in [-0.05, 0) is 44.0 Å². The number of aryl methyl sites for hydroxylation is 1. The van der Waals surface area contributed by atoms with Crippen molar-refractivity contribution in [2.45, 2.75) is 32.1 Å². The molecule has 0 saturated heterocycles. The number of amides is 1. The van der Waals surface area contributed by atoms with Crippen LogP contribution < -0.4 is 11.5 Å². The van der Waals surface area contributed by atoms with E-state index in [0.29, 0.717) is 5.56 Å². The molecule has 0 aliphatic rings. The minimum atomic E-state index is -0.379. The summed E-state index contributed by atoms with van der Waals surface area (Å²) >= 11 is 1.80. The third-order valence-electron chi connectivity index (χ3n) is 2.36. The topological polar surface area (TPSA) is 69.1 Å². The predicted molar refractivity (Wildman–Crippen MR) is 74.1 cm³/mol. The molecule has 1 rings (SSSR count). The Morgan fingerprint density at radius 3 is 2.53 bits per heavy atom. The molecule has 4 N–H and O–H groups in total. The van der Waals surface area contributed by atoms with Gasteiger partial charge in [-0.3, -0.25) is 4.79 Å². The molecule has 0 aromatic heterocycles. The molecule has 0 atom stereocenters. The van der Waals surface area contributed by atoms with Gasteiger partial charge in [-0.1, -0.05) is 6.07 Å². The summed E-state index contributed by atoms with van der Waals surface area (Å²) in [6.45, 7) is 6.03. The zero-order valence-electron chi connectivity index (χ0n) is 10.6. The molecule has 0 saturated carbocycles. The van der Waals surface area contributed by atoms with Gasteiger partial charge < -0.3 is 11.5 Å². The number of benzene rings is 1. The van der Waals surface area contributed by atoms with Crippen LogP contribution in [0.5, 0.6) is 0 Å². The van der Waals surface area contributed by atoms with E-state index in [1.165, 1.54) is 5.56 Å². The van der Waals surface area contributed by atoms with Gasteiger partial charge in [0, 0.05) is 22.6 Å². The SMILES string of the molecule is Cc1cc(C(N)=O)ccc1CSCC(C)(C)N. The molecule has 0 fully saturated rings. The normalized spacial score (nSPS) is 11.5. The molecule has 17 heavy (non-hydrogen) atoms. The van der Waals surface area contributed by atoms with E-state index in [1.54, 1.807) is 17.8 Å². The molecule has 0 aliphatic heterocycles. The van der Waals surface area contributed by atoms with Crippen molar-refractivity contribution < 1.29 is 4.79 Å². The van der Waals surface area contributed by atoms with Gasteiger partial charge in [0.1, 0.15) is 0 Å². The Balaban J connectivity index is 2.64. The highest BCUT2D eigenvalue weighted by molar-refractivity contribution is 7.98. The zero-order valence-corrected chi connectivity index (χ0v) is 11.4. The Kier molecular flexibility index (Phi) is 4.60. The lowest BCUT2D eigenvalue weighted by Crippen LogP contribution is -2.34. The third kappa shape index (κ3) is 4.79. The first-order valence-corrected chi connectivity index (χ1v) is 6.71. The molecule has 94 valence electrons. The van der Waals surface area contributed by atoms with Crippen LogP contribution >= 0.6 is 11.8 Å². The molecule has 0 heterocycles. The van der Waals surface area contributed by atoms with Crippen LogP contribution in [0.1, 0.15) is 35.3 Å². The van der Waals surface area contributed by atoms with Crippen molar-refractivity contribution in [3.63, 3.8) is 0 Å². The van der Waals surface area contributed by atoms with Gasteiger partial charge >= 0.3 is 0 Å². The molecule has 0 unspecified atom stereocenters. The first kappa shape index (κ1) is 14.1. The van der Waals surface area contributed by atoms with Crippen molar-refractivity contribution in [1.29, 1.82) is 0 Å². The van der Waals surface area contributed by atoms with Gasteiger partial charge in [0.15, 0.2) is 0 Å². The quantitative estimate of drug-likeness (QED) is 0.843. The summed E-state index contributed by atoms with van der Waals surface area (Å²) in [6, 6.07) is 5.58. The van der Waals surface area contributed by atoms with Gasteiger partial charge in [-0.2, -0.15) is 11.8 Å². The second-order valence-electron chi connectivity index (χ2n) is 4.99. The Morgan fingerprint density at radius 2 is 2.06 bits per heavy atom. The number of hydrogen-bond acceptors (Lipinski definition) is 3. The number of primary amides is 1. The molecule has 1 amide bonds. The number of hydrogen-bond donors (Lipinski definition) is 2. The Bertz CT molecular complexity index is 410. The van der Waals surface area contributed by atoms with Crippen LogP contribution in [0.2, 0.25) is 0 Å². The third-order valence-corrected chi connectivity index (χ3v) is 3.82. The largest absolute Gasteiger partial charge is 0.366 e. The molecule has 0 bridgehead atoms. The molecular formula is C13H20N2OS. The molecule has 4 heteroatoms. The van der Waals surface area contributed by atoms with Crippen LogP contribution in [0.3, 0.4) is 0 Å². The van der Waals surface area contributed by atoms with Crippen LogP contribution in [0.25, 0.3) is 0 Å². The summed E-state index contributed by atoms with van der Waals surface area (Å²) < 4.78 is 0. The standard InChI is InChI=1S/C13H20N2OS/c1-9-6-10(12(14)16)4-5-11(9)7-17-8-13(2,3)15/h4-6H,7-8,15H2,1-3H3,(H2,14,16). The van der Waals surface area contributed by atoms with Crippen LogP contribution in [-0.4, -0.2) is 17.2 Å². The smallest absolute Gasteiger partial charge is 0.248 e. The molecule has 1 aromatic carbocycles. The summed E-state index contributed by atoms with van der Waals surface area (Å²) in [5.74, 6) is 1.44. The highest BCUT2D eigenvalue weighted by Crippen LogP contribution is 2.20. The number of carbonyl (C=O) groups excluding carboxylic acids is 1. The Morgan fingerprint density at radius 1 is 1.41 bits per heavy atom. The van der Waals surface area contributed by atoms with E-state index in [4.69, 9.17) is 11.5 Å². The summed E-state index contributed by atoms with van der Waals surface area (Å²) in [5.41, 5.74) is 13.9. The highest BCUT2D eigenvalue weighted by atomic mass is 32.2. The lowest BCUT2D eigenvalue weighted by molar-refractivity contribution is 0.1000. The fourth-order valence-corrected chi connectivity index (χ4v) is 2.61. The van der Waals surface area contributed by atoms with Crippen molar-refractivity contribution in [3.8, 4) is 0 Å². The maximum atomic E-state index is 11.0. The number of thioether (sulfide) groups is 1. The Hall–Kier alpha value is -1.000. The van der Waals surface area contributed by atoms with E-state index in [1.807, 2.05) is 32.9 Å². The van der Waals surface area contributed by atoms with Crippen LogP contribution in [-0.2, 0) is 5.75 Å². The van der Waals surface area contributed by atoms with E-state index < -0.39 is 0 Å². The average Bonchev–Trinajstić information content (AvgIpc) is 2.18. The maximum absolute atomic E-state index is 11.0. The summed E-state index contributed by atoms with van der Waals surface area (Å²) in [5, 5.41) is 0. The summed E-state index contributed by atoms with van der Waals surface area (Å²) in [4.78, 5) is 11.0. The van der Waals surface area contributed by atoms with Crippen molar-refractivity contribution in [3.05, 3.63) is 34.9 Å². The van der Waals surface area contributed by atoms with Gasteiger partial charge in [-0.15, -0.1) is 0 Å². The Labute approximate surface area is 107 Å². The van der Waals surface area contributed by atoms with Crippen molar-refractivity contribution in [1.82, 2.24) is 0 Å². The minimum Gasteiger partial charge on any atom is -0.366 e. The second-order valence-corrected chi connectivity index (χ2v) is 5.97. The first-order valence-electron chi connectivity index (χ1n) is 5.55. The number of nitrogens with two attached hydrogens (primary N) is 2.